The van der Waals surface area contributed by atoms with Gasteiger partial charge >= 0.3 is 0 Å². The van der Waals surface area contributed by atoms with Gasteiger partial charge in [-0.05, 0) is 26.2 Å². The van der Waals surface area contributed by atoms with Crippen LogP contribution >= 0.6 is 0 Å². The van der Waals surface area contributed by atoms with Gasteiger partial charge in [0.15, 0.2) is 0 Å². The largest absolute Gasteiger partial charge is 0.392 e. The Morgan fingerprint density at radius 3 is 2.83 bits per heavy atom. The molecule has 1 saturated heterocycles. The van der Waals surface area contributed by atoms with Crippen LogP contribution < -0.4 is 5.32 Å². The SMILES string of the molecule is CC(O)C(C)NCC1CCOC1. The lowest BCUT2D eigenvalue weighted by Gasteiger charge is -2.18. The molecule has 0 bridgehead atoms. The number of nitrogens with one attached hydrogen (secondary N) is 1. The molecule has 3 atom stereocenters. The molecule has 0 aromatic carbocycles. The molecule has 1 aliphatic rings. The van der Waals surface area contributed by atoms with Crippen molar-refractivity contribution in [1.29, 1.82) is 0 Å². The second-order valence-electron chi connectivity index (χ2n) is 3.67. The lowest BCUT2D eigenvalue weighted by molar-refractivity contribution is 0.146. The predicted octanol–water partition coefficient (Wildman–Crippen LogP) is 0.382. The highest BCUT2D eigenvalue weighted by Gasteiger charge is 2.17. The average molecular weight is 173 g/mol. The number of aliphatic hydroxyl groups excluding tert-OH is 1. The molecule has 0 spiro atoms. The lowest BCUT2D eigenvalue weighted by atomic mass is 10.1. The van der Waals surface area contributed by atoms with E-state index in [1.165, 1.54) is 0 Å². The van der Waals surface area contributed by atoms with Gasteiger partial charge in [-0.3, -0.25) is 0 Å². The van der Waals surface area contributed by atoms with Crippen LogP contribution in [-0.2, 0) is 4.74 Å². The molecule has 1 rings (SSSR count). The zero-order valence-corrected chi connectivity index (χ0v) is 7.92. The van der Waals surface area contributed by atoms with Crippen molar-refractivity contribution < 1.29 is 9.84 Å². The summed E-state index contributed by atoms with van der Waals surface area (Å²) in [6.07, 6.45) is 0.881. The van der Waals surface area contributed by atoms with E-state index in [1.807, 2.05) is 13.8 Å². The molecule has 2 N–H and O–H groups in total. The van der Waals surface area contributed by atoms with E-state index in [0.29, 0.717) is 5.92 Å². The minimum absolute atomic E-state index is 0.186. The summed E-state index contributed by atoms with van der Waals surface area (Å²) >= 11 is 0. The first-order valence-electron chi connectivity index (χ1n) is 4.69. The van der Waals surface area contributed by atoms with Crippen molar-refractivity contribution >= 4 is 0 Å². The standard InChI is InChI=1S/C9H19NO2/c1-7(8(2)11)10-5-9-3-4-12-6-9/h7-11H,3-6H2,1-2H3. The molecule has 72 valence electrons. The number of rotatable bonds is 4. The van der Waals surface area contributed by atoms with Crippen LogP contribution in [0.3, 0.4) is 0 Å². The Bertz CT molecular complexity index is 120. The van der Waals surface area contributed by atoms with E-state index in [0.717, 1.165) is 26.2 Å². The first kappa shape index (κ1) is 9.96. The molecule has 0 aromatic heterocycles. The van der Waals surface area contributed by atoms with Crippen molar-refractivity contribution in [1.82, 2.24) is 5.32 Å². The highest BCUT2D eigenvalue weighted by Crippen LogP contribution is 2.10. The maximum atomic E-state index is 9.20. The van der Waals surface area contributed by atoms with Crippen LogP contribution in [0.25, 0.3) is 0 Å². The van der Waals surface area contributed by atoms with Gasteiger partial charge in [-0.15, -0.1) is 0 Å². The molecule has 0 radical (unpaired) electrons. The van der Waals surface area contributed by atoms with Gasteiger partial charge in [0.1, 0.15) is 0 Å². The van der Waals surface area contributed by atoms with Crippen LogP contribution in [0.5, 0.6) is 0 Å². The van der Waals surface area contributed by atoms with Gasteiger partial charge in [-0.25, -0.2) is 0 Å². The number of hydrogen-bond donors (Lipinski definition) is 2. The fourth-order valence-electron chi connectivity index (χ4n) is 1.27. The smallest absolute Gasteiger partial charge is 0.0662 e. The van der Waals surface area contributed by atoms with Gasteiger partial charge < -0.3 is 15.2 Å². The summed E-state index contributed by atoms with van der Waals surface area (Å²) in [5, 5.41) is 12.5. The van der Waals surface area contributed by atoms with Gasteiger partial charge in [0.2, 0.25) is 0 Å². The van der Waals surface area contributed by atoms with Crippen molar-refractivity contribution in [3.05, 3.63) is 0 Å². The summed E-state index contributed by atoms with van der Waals surface area (Å²) in [6, 6.07) is 0.186. The topological polar surface area (TPSA) is 41.5 Å². The summed E-state index contributed by atoms with van der Waals surface area (Å²) in [7, 11) is 0. The zero-order valence-electron chi connectivity index (χ0n) is 7.92. The number of ether oxygens (including phenoxy) is 1. The minimum Gasteiger partial charge on any atom is -0.392 e. The third-order valence-electron chi connectivity index (χ3n) is 2.48. The third-order valence-corrected chi connectivity index (χ3v) is 2.48. The normalized spacial score (nSPS) is 28.8. The fraction of sp³-hybridized carbons (Fsp3) is 1.00. The summed E-state index contributed by atoms with van der Waals surface area (Å²) in [6.45, 7) is 6.55. The van der Waals surface area contributed by atoms with Crippen molar-refractivity contribution in [3.63, 3.8) is 0 Å². The molecule has 1 heterocycles. The summed E-state index contributed by atoms with van der Waals surface area (Å²) in [5.74, 6) is 0.645. The molecule has 0 aromatic rings. The van der Waals surface area contributed by atoms with Crippen molar-refractivity contribution in [2.45, 2.75) is 32.4 Å². The van der Waals surface area contributed by atoms with E-state index < -0.39 is 0 Å². The van der Waals surface area contributed by atoms with Crippen molar-refractivity contribution in [3.8, 4) is 0 Å². The van der Waals surface area contributed by atoms with Crippen LogP contribution in [0.2, 0.25) is 0 Å². The highest BCUT2D eigenvalue weighted by atomic mass is 16.5. The number of aliphatic hydroxyl groups is 1. The molecule has 0 amide bonds. The van der Waals surface area contributed by atoms with Crippen LogP contribution in [0.4, 0.5) is 0 Å². The monoisotopic (exact) mass is 173 g/mol. The van der Waals surface area contributed by atoms with E-state index in [9.17, 15) is 5.11 Å². The molecular formula is C9H19NO2. The Kier molecular flexibility index (Phi) is 3.98. The molecule has 0 saturated carbocycles. The van der Waals surface area contributed by atoms with E-state index >= 15 is 0 Å². The second-order valence-corrected chi connectivity index (χ2v) is 3.67. The average Bonchev–Trinajstić information content (AvgIpc) is 2.51. The van der Waals surface area contributed by atoms with E-state index in [4.69, 9.17) is 4.74 Å². The third kappa shape index (κ3) is 3.09. The predicted molar refractivity (Wildman–Crippen MR) is 48.1 cm³/mol. The Labute approximate surface area is 74.1 Å². The van der Waals surface area contributed by atoms with E-state index in [1.54, 1.807) is 0 Å². The number of hydrogen-bond acceptors (Lipinski definition) is 3. The molecule has 3 heteroatoms. The summed E-state index contributed by atoms with van der Waals surface area (Å²) in [4.78, 5) is 0. The summed E-state index contributed by atoms with van der Waals surface area (Å²) < 4.78 is 5.25. The van der Waals surface area contributed by atoms with Crippen LogP contribution in [-0.4, -0.2) is 37.0 Å². The Balaban J connectivity index is 2.07. The molecule has 3 unspecified atom stereocenters. The first-order chi connectivity index (χ1) is 5.70. The van der Waals surface area contributed by atoms with E-state index in [2.05, 4.69) is 5.32 Å². The van der Waals surface area contributed by atoms with Crippen LogP contribution in [0.1, 0.15) is 20.3 Å². The molecule has 0 aliphatic carbocycles. The van der Waals surface area contributed by atoms with Gasteiger partial charge in [-0.1, -0.05) is 0 Å². The van der Waals surface area contributed by atoms with Crippen LogP contribution in [0, 0.1) is 5.92 Å². The fourth-order valence-corrected chi connectivity index (χ4v) is 1.27. The van der Waals surface area contributed by atoms with Gasteiger partial charge in [-0.2, -0.15) is 0 Å². The van der Waals surface area contributed by atoms with E-state index in [-0.39, 0.29) is 12.1 Å². The van der Waals surface area contributed by atoms with Gasteiger partial charge in [0.05, 0.1) is 12.7 Å². The van der Waals surface area contributed by atoms with Crippen molar-refractivity contribution in [2.24, 2.45) is 5.92 Å². The highest BCUT2D eigenvalue weighted by molar-refractivity contribution is 4.72. The maximum absolute atomic E-state index is 9.20. The Morgan fingerprint density at radius 2 is 2.33 bits per heavy atom. The molecule has 3 nitrogen and oxygen atoms in total. The molecule has 1 fully saturated rings. The lowest BCUT2D eigenvalue weighted by Crippen LogP contribution is -2.38. The molecule has 12 heavy (non-hydrogen) atoms. The van der Waals surface area contributed by atoms with Gasteiger partial charge in [0, 0.05) is 19.2 Å². The van der Waals surface area contributed by atoms with Crippen LogP contribution in [0.15, 0.2) is 0 Å². The van der Waals surface area contributed by atoms with Gasteiger partial charge in [0.25, 0.3) is 0 Å². The first-order valence-corrected chi connectivity index (χ1v) is 4.69. The summed E-state index contributed by atoms with van der Waals surface area (Å²) in [5.41, 5.74) is 0. The van der Waals surface area contributed by atoms with Crippen molar-refractivity contribution in [2.75, 3.05) is 19.8 Å². The Morgan fingerprint density at radius 1 is 1.58 bits per heavy atom. The second kappa shape index (κ2) is 4.80. The molecule has 1 aliphatic heterocycles. The molecular weight excluding hydrogens is 154 g/mol. The Hall–Kier alpha value is -0.120. The maximum Gasteiger partial charge on any atom is 0.0662 e. The quantitative estimate of drug-likeness (QED) is 0.646. The minimum atomic E-state index is -0.271. The zero-order chi connectivity index (χ0) is 8.97.